The number of nitrogens with one attached hydrogen (secondary N) is 1. The van der Waals surface area contributed by atoms with Gasteiger partial charge in [0.1, 0.15) is 18.2 Å². The Morgan fingerprint density at radius 2 is 1.83 bits per heavy atom. The summed E-state index contributed by atoms with van der Waals surface area (Å²) in [4.78, 5) is 37.0. The molecule has 1 N–H and O–H groups in total. The fraction of sp³-hybridized carbons (Fsp3) is 0.562. The molecule has 0 aliphatic heterocycles. The Morgan fingerprint density at radius 1 is 1.22 bits per heavy atom. The zero-order valence-electron chi connectivity index (χ0n) is 14.3. The lowest BCUT2D eigenvalue weighted by atomic mass is 10.1. The Labute approximate surface area is 137 Å². The van der Waals surface area contributed by atoms with Crippen LogP contribution in [-0.2, 0) is 19.1 Å². The quantitative estimate of drug-likeness (QED) is 0.541. The van der Waals surface area contributed by atoms with Gasteiger partial charge in [0.15, 0.2) is 0 Å². The minimum atomic E-state index is -0.882. The molecule has 0 aromatic heterocycles. The molecule has 0 aliphatic rings. The van der Waals surface area contributed by atoms with E-state index in [9.17, 15) is 14.4 Å². The van der Waals surface area contributed by atoms with Gasteiger partial charge in [-0.2, -0.15) is 0 Å². The maximum absolute atomic E-state index is 12.5. The molecule has 0 aromatic rings. The van der Waals surface area contributed by atoms with E-state index < -0.39 is 29.6 Å². The van der Waals surface area contributed by atoms with Crippen LogP contribution >= 0.6 is 0 Å². The van der Waals surface area contributed by atoms with Crippen LogP contribution in [0.4, 0.5) is 4.79 Å². The van der Waals surface area contributed by atoms with Crippen LogP contribution in [-0.4, -0.2) is 54.7 Å². The van der Waals surface area contributed by atoms with Crippen LogP contribution in [0.1, 0.15) is 27.2 Å². The molecule has 0 bridgehead atoms. The van der Waals surface area contributed by atoms with Crippen molar-refractivity contribution < 1.29 is 23.9 Å². The largest absolute Gasteiger partial charge is 0.468 e. The first-order chi connectivity index (χ1) is 10.6. The summed E-state index contributed by atoms with van der Waals surface area (Å²) in [6.45, 7) is 12.2. The van der Waals surface area contributed by atoms with E-state index in [4.69, 9.17) is 4.74 Å². The van der Waals surface area contributed by atoms with E-state index in [2.05, 4.69) is 23.2 Å². The third-order valence-corrected chi connectivity index (χ3v) is 2.60. The highest BCUT2D eigenvalue weighted by molar-refractivity contribution is 5.88. The van der Waals surface area contributed by atoms with Crippen molar-refractivity contribution in [2.24, 2.45) is 0 Å². The fourth-order valence-corrected chi connectivity index (χ4v) is 1.67. The van der Waals surface area contributed by atoms with Crippen molar-refractivity contribution in [1.82, 2.24) is 10.2 Å². The monoisotopic (exact) mass is 326 g/mol. The lowest BCUT2D eigenvalue weighted by Crippen LogP contribution is -2.50. The predicted molar refractivity (Wildman–Crippen MR) is 86.8 cm³/mol. The highest BCUT2D eigenvalue weighted by Crippen LogP contribution is 2.08. The summed E-state index contributed by atoms with van der Waals surface area (Å²) in [7, 11) is 1.24. The fourth-order valence-electron chi connectivity index (χ4n) is 1.67. The van der Waals surface area contributed by atoms with Crippen LogP contribution in [0.15, 0.2) is 25.3 Å². The van der Waals surface area contributed by atoms with Crippen LogP contribution in [0, 0.1) is 0 Å². The number of ether oxygens (including phenoxy) is 2. The number of carbonyl (C=O) groups is 3. The van der Waals surface area contributed by atoms with Crippen molar-refractivity contribution in [3.63, 3.8) is 0 Å². The second-order valence-corrected chi connectivity index (χ2v) is 5.81. The van der Waals surface area contributed by atoms with E-state index in [-0.39, 0.29) is 19.5 Å². The van der Waals surface area contributed by atoms with E-state index in [1.54, 1.807) is 20.8 Å². The smallest absolute Gasteiger partial charge is 0.408 e. The van der Waals surface area contributed by atoms with Gasteiger partial charge in [-0.15, -0.1) is 13.2 Å². The van der Waals surface area contributed by atoms with Gasteiger partial charge in [0.05, 0.1) is 7.11 Å². The number of alkyl carbamates (subject to hydrolysis) is 1. The minimum Gasteiger partial charge on any atom is -0.468 e. The molecule has 7 nitrogen and oxygen atoms in total. The average Bonchev–Trinajstić information content (AvgIpc) is 2.43. The van der Waals surface area contributed by atoms with Gasteiger partial charge in [-0.05, 0) is 27.2 Å². The molecule has 0 aromatic carbocycles. The van der Waals surface area contributed by atoms with Gasteiger partial charge in [0.25, 0.3) is 0 Å². The standard InChI is InChI=1S/C16H26N2O5/c1-7-9-12(17-15(21)23-16(3,4)5)14(20)18(10-8-2)11-13(19)22-6/h7-8,12H,1-2,9-11H2,3-6H3,(H,17,21)/t12-/m0/s1. The molecular weight excluding hydrogens is 300 g/mol. The Morgan fingerprint density at radius 3 is 2.26 bits per heavy atom. The summed E-state index contributed by atoms with van der Waals surface area (Å²) in [5.74, 6) is -1.00. The molecule has 0 saturated carbocycles. The Hall–Kier alpha value is -2.31. The number of rotatable bonds is 8. The summed E-state index contributed by atoms with van der Waals surface area (Å²) >= 11 is 0. The third-order valence-electron chi connectivity index (χ3n) is 2.60. The van der Waals surface area contributed by atoms with E-state index in [0.29, 0.717) is 0 Å². The van der Waals surface area contributed by atoms with Gasteiger partial charge in [-0.3, -0.25) is 9.59 Å². The van der Waals surface area contributed by atoms with E-state index in [0.717, 1.165) is 0 Å². The first kappa shape index (κ1) is 20.7. The lowest BCUT2D eigenvalue weighted by Gasteiger charge is -2.27. The minimum absolute atomic E-state index is 0.150. The zero-order valence-corrected chi connectivity index (χ0v) is 14.3. The molecule has 0 spiro atoms. The number of nitrogens with zero attached hydrogens (tertiary/aromatic N) is 1. The number of methoxy groups -OCH3 is 1. The number of esters is 1. The molecule has 0 rings (SSSR count). The van der Waals surface area contributed by atoms with E-state index in [1.165, 1.54) is 24.2 Å². The van der Waals surface area contributed by atoms with Crippen LogP contribution in [0.3, 0.4) is 0 Å². The molecule has 1 atom stereocenters. The van der Waals surface area contributed by atoms with Gasteiger partial charge in [-0.1, -0.05) is 12.2 Å². The lowest BCUT2D eigenvalue weighted by molar-refractivity contribution is -0.147. The molecule has 7 heteroatoms. The molecule has 130 valence electrons. The topological polar surface area (TPSA) is 84.9 Å². The molecule has 0 unspecified atom stereocenters. The molecule has 0 aliphatic carbocycles. The van der Waals surface area contributed by atoms with Crippen molar-refractivity contribution in [2.75, 3.05) is 20.2 Å². The maximum Gasteiger partial charge on any atom is 0.408 e. The Balaban J connectivity index is 5.04. The summed E-state index contributed by atoms with van der Waals surface area (Å²) in [6, 6.07) is -0.882. The summed E-state index contributed by atoms with van der Waals surface area (Å²) in [5, 5.41) is 2.49. The Kier molecular flexibility index (Phi) is 8.69. The molecule has 0 radical (unpaired) electrons. The maximum atomic E-state index is 12.5. The number of carbonyl (C=O) groups excluding carboxylic acids is 3. The van der Waals surface area contributed by atoms with E-state index in [1.807, 2.05) is 0 Å². The van der Waals surface area contributed by atoms with Gasteiger partial charge >= 0.3 is 12.1 Å². The highest BCUT2D eigenvalue weighted by Gasteiger charge is 2.28. The molecule has 0 saturated heterocycles. The van der Waals surface area contributed by atoms with Crippen molar-refractivity contribution in [3.05, 3.63) is 25.3 Å². The number of hydrogen-bond donors (Lipinski definition) is 1. The van der Waals surface area contributed by atoms with Crippen molar-refractivity contribution in [2.45, 2.75) is 38.8 Å². The second kappa shape index (κ2) is 9.66. The highest BCUT2D eigenvalue weighted by atomic mass is 16.6. The van der Waals surface area contributed by atoms with Gasteiger partial charge in [0, 0.05) is 6.54 Å². The first-order valence-electron chi connectivity index (χ1n) is 7.21. The van der Waals surface area contributed by atoms with Crippen LogP contribution in [0.2, 0.25) is 0 Å². The summed E-state index contributed by atoms with van der Waals surface area (Å²) < 4.78 is 9.70. The van der Waals surface area contributed by atoms with Crippen molar-refractivity contribution in [1.29, 1.82) is 0 Å². The van der Waals surface area contributed by atoms with Gasteiger partial charge < -0.3 is 19.7 Å². The predicted octanol–water partition coefficient (Wildman–Crippen LogP) is 1.64. The average molecular weight is 326 g/mol. The normalized spacial score (nSPS) is 11.8. The van der Waals surface area contributed by atoms with Gasteiger partial charge in [-0.25, -0.2) is 4.79 Å². The Bertz CT molecular complexity index is 454. The molecule has 0 heterocycles. The van der Waals surface area contributed by atoms with Crippen molar-refractivity contribution >= 4 is 18.0 Å². The molecule has 0 fully saturated rings. The van der Waals surface area contributed by atoms with Crippen molar-refractivity contribution in [3.8, 4) is 0 Å². The van der Waals surface area contributed by atoms with E-state index >= 15 is 0 Å². The zero-order chi connectivity index (χ0) is 18.0. The third kappa shape index (κ3) is 8.65. The summed E-state index contributed by atoms with van der Waals surface area (Å²) in [5.41, 5.74) is -0.682. The van der Waals surface area contributed by atoms with Crippen LogP contribution in [0.25, 0.3) is 0 Å². The molecular formula is C16H26N2O5. The molecule has 2 amide bonds. The van der Waals surface area contributed by atoms with Gasteiger partial charge in [0.2, 0.25) is 5.91 Å². The SMILES string of the molecule is C=CC[C@H](NC(=O)OC(C)(C)C)C(=O)N(CC=C)CC(=O)OC. The van der Waals surface area contributed by atoms with Crippen LogP contribution < -0.4 is 5.32 Å². The number of hydrogen-bond acceptors (Lipinski definition) is 5. The first-order valence-corrected chi connectivity index (χ1v) is 7.21. The van der Waals surface area contributed by atoms with Crippen LogP contribution in [0.5, 0.6) is 0 Å². The second-order valence-electron chi connectivity index (χ2n) is 5.81. The number of amides is 2. The summed E-state index contributed by atoms with van der Waals surface area (Å²) in [6.07, 6.45) is 2.48. The molecule has 23 heavy (non-hydrogen) atoms.